The molecule has 1 aromatic heterocycles. The van der Waals surface area contributed by atoms with Gasteiger partial charge in [-0.05, 0) is 31.5 Å². The zero-order valence-electron chi connectivity index (χ0n) is 14.5. The number of aryl methyl sites for hydroxylation is 1. The molecule has 2 rings (SSSR count). The Labute approximate surface area is 150 Å². The minimum atomic E-state index is -0.337. The molecule has 25 heavy (non-hydrogen) atoms. The summed E-state index contributed by atoms with van der Waals surface area (Å²) in [6.07, 6.45) is 2.99. The van der Waals surface area contributed by atoms with Crippen LogP contribution in [-0.2, 0) is 11.2 Å². The number of carbonyl (C=O) groups is 2. The van der Waals surface area contributed by atoms with E-state index < -0.39 is 0 Å². The number of hydrogen-bond donors (Lipinski definition) is 1. The molecular weight excluding hydrogens is 342 g/mol. The molecule has 0 saturated carbocycles. The summed E-state index contributed by atoms with van der Waals surface area (Å²) in [5.74, 6) is 0.385. The van der Waals surface area contributed by atoms with Crippen LogP contribution in [0.15, 0.2) is 18.2 Å². The van der Waals surface area contributed by atoms with Crippen LogP contribution in [0.25, 0.3) is 0 Å². The molecule has 8 heteroatoms. The predicted octanol–water partition coefficient (Wildman–Crippen LogP) is 3.11. The second-order valence-corrected chi connectivity index (χ2v) is 6.43. The molecule has 1 aromatic carbocycles. The van der Waals surface area contributed by atoms with Gasteiger partial charge in [0, 0.05) is 12.0 Å². The highest BCUT2D eigenvalue weighted by molar-refractivity contribution is 7.15. The normalized spacial score (nSPS) is 10.4. The first-order valence-electron chi connectivity index (χ1n) is 7.97. The third-order valence-electron chi connectivity index (χ3n) is 3.39. The first kappa shape index (κ1) is 18.9. The first-order chi connectivity index (χ1) is 12.0. The van der Waals surface area contributed by atoms with Crippen molar-refractivity contribution < 1.29 is 19.1 Å². The molecule has 0 saturated heterocycles. The highest BCUT2D eigenvalue weighted by Gasteiger charge is 2.12. The van der Waals surface area contributed by atoms with Gasteiger partial charge in [-0.15, -0.1) is 10.2 Å². The van der Waals surface area contributed by atoms with E-state index in [4.69, 9.17) is 9.47 Å². The van der Waals surface area contributed by atoms with E-state index in [0.29, 0.717) is 22.2 Å². The minimum absolute atomic E-state index is 0.0715. The van der Waals surface area contributed by atoms with E-state index in [1.807, 2.05) is 0 Å². The number of benzene rings is 1. The number of amides is 1. The fraction of sp³-hybridized carbons (Fsp3) is 0.412. The molecule has 134 valence electrons. The van der Waals surface area contributed by atoms with Gasteiger partial charge in [-0.25, -0.2) is 0 Å². The molecular formula is C17H21N3O4S. The number of nitrogens with zero attached hydrogens (tertiary/aromatic N) is 2. The number of methoxy groups -OCH3 is 1. The molecule has 0 radical (unpaired) electrons. The summed E-state index contributed by atoms with van der Waals surface area (Å²) in [5.41, 5.74) is 0.516. The Morgan fingerprint density at radius 2 is 2.04 bits per heavy atom. The van der Waals surface area contributed by atoms with Crippen LogP contribution in [0.4, 0.5) is 5.13 Å². The van der Waals surface area contributed by atoms with Crippen LogP contribution in [0.5, 0.6) is 11.5 Å². The lowest BCUT2D eigenvalue weighted by molar-refractivity contribution is -0.118. The van der Waals surface area contributed by atoms with Gasteiger partial charge >= 0.3 is 0 Å². The van der Waals surface area contributed by atoms with E-state index in [2.05, 4.69) is 22.4 Å². The number of aromatic nitrogens is 2. The first-order valence-corrected chi connectivity index (χ1v) is 8.79. The Balaban J connectivity index is 1.91. The fourth-order valence-electron chi connectivity index (χ4n) is 2.04. The van der Waals surface area contributed by atoms with E-state index in [0.717, 1.165) is 24.3 Å². The minimum Gasteiger partial charge on any atom is -0.493 e. The van der Waals surface area contributed by atoms with Crippen LogP contribution in [0.2, 0.25) is 0 Å². The van der Waals surface area contributed by atoms with Gasteiger partial charge in [-0.3, -0.25) is 14.9 Å². The Kier molecular flexibility index (Phi) is 6.88. The van der Waals surface area contributed by atoms with Crippen molar-refractivity contribution in [1.82, 2.24) is 10.2 Å². The van der Waals surface area contributed by atoms with Crippen LogP contribution in [-0.4, -0.2) is 35.6 Å². The van der Waals surface area contributed by atoms with Crippen molar-refractivity contribution in [3.63, 3.8) is 0 Å². The predicted molar refractivity (Wildman–Crippen MR) is 95.6 cm³/mol. The largest absolute Gasteiger partial charge is 0.493 e. The number of unbranched alkanes of at least 4 members (excludes halogenated alkanes) is 1. The summed E-state index contributed by atoms with van der Waals surface area (Å²) in [6, 6.07) is 4.82. The summed E-state index contributed by atoms with van der Waals surface area (Å²) >= 11 is 1.36. The molecule has 0 atom stereocenters. The van der Waals surface area contributed by atoms with Gasteiger partial charge in [-0.2, -0.15) is 0 Å². The Morgan fingerprint density at radius 1 is 1.24 bits per heavy atom. The third-order valence-corrected chi connectivity index (χ3v) is 4.28. The van der Waals surface area contributed by atoms with Crippen molar-refractivity contribution in [2.24, 2.45) is 0 Å². The standard InChI is InChI=1S/C17H21N3O4S/c1-4-5-6-16-19-20-17(25-16)18-15(22)10-24-13-8-7-12(11(2)21)9-14(13)23-3/h7-9H,4-6,10H2,1-3H3,(H,18,20,22). The topological polar surface area (TPSA) is 90.4 Å². The average Bonchev–Trinajstić information content (AvgIpc) is 3.05. The van der Waals surface area contributed by atoms with Gasteiger partial charge < -0.3 is 9.47 Å². The van der Waals surface area contributed by atoms with Crippen molar-refractivity contribution in [3.05, 3.63) is 28.8 Å². The Morgan fingerprint density at radius 3 is 2.72 bits per heavy atom. The second-order valence-electron chi connectivity index (χ2n) is 5.36. The molecule has 0 fully saturated rings. The Bertz CT molecular complexity index is 745. The van der Waals surface area contributed by atoms with Crippen LogP contribution < -0.4 is 14.8 Å². The number of rotatable bonds is 9. The van der Waals surface area contributed by atoms with E-state index in [-0.39, 0.29) is 18.3 Å². The van der Waals surface area contributed by atoms with Gasteiger partial charge in [0.05, 0.1) is 7.11 Å². The van der Waals surface area contributed by atoms with Crippen molar-refractivity contribution in [2.75, 3.05) is 19.0 Å². The lowest BCUT2D eigenvalue weighted by atomic mass is 10.1. The maximum Gasteiger partial charge on any atom is 0.264 e. The van der Waals surface area contributed by atoms with E-state index in [1.54, 1.807) is 18.2 Å². The Hall–Kier alpha value is -2.48. The molecule has 2 aromatic rings. The molecule has 0 aliphatic heterocycles. The van der Waals surface area contributed by atoms with E-state index in [1.165, 1.54) is 25.4 Å². The summed E-state index contributed by atoms with van der Waals surface area (Å²) in [7, 11) is 1.48. The summed E-state index contributed by atoms with van der Waals surface area (Å²) < 4.78 is 10.7. The molecule has 0 aliphatic carbocycles. The number of ketones is 1. The highest BCUT2D eigenvalue weighted by Crippen LogP contribution is 2.28. The van der Waals surface area contributed by atoms with Crippen LogP contribution in [0, 0.1) is 0 Å². The SMILES string of the molecule is CCCCc1nnc(NC(=O)COc2ccc(C(C)=O)cc2OC)s1. The zero-order valence-corrected chi connectivity index (χ0v) is 15.3. The lowest BCUT2D eigenvalue weighted by Gasteiger charge is -2.11. The molecule has 0 spiro atoms. The number of anilines is 1. The number of ether oxygens (including phenoxy) is 2. The fourth-order valence-corrected chi connectivity index (χ4v) is 2.84. The summed E-state index contributed by atoms with van der Waals surface area (Å²) in [4.78, 5) is 23.4. The summed E-state index contributed by atoms with van der Waals surface area (Å²) in [5, 5.41) is 12.0. The smallest absolute Gasteiger partial charge is 0.264 e. The van der Waals surface area contributed by atoms with E-state index in [9.17, 15) is 9.59 Å². The summed E-state index contributed by atoms with van der Waals surface area (Å²) in [6.45, 7) is 3.39. The molecule has 1 amide bonds. The molecule has 1 heterocycles. The van der Waals surface area contributed by atoms with Gasteiger partial charge in [0.1, 0.15) is 5.01 Å². The lowest BCUT2D eigenvalue weighted by Crippen LogP contribution is -2.20. The van der Waals surface area contributed by atoms with Crippen molar-refractivity contribution in [3.8, 4) is 11.5 Å². The number of carbonyl (C=O) groups excluding carboxylic acids is 2. The number of nitrogens with one attached hydrogen (secondary N) is 1. The molecule has 0 unspecified atom stereocenters. The molecule has 0 bridgehead atoms. The molecule has 0 aliphatic rings. The molecule has 7 nitrogen and oxygen atoms in total. The maximum atomic E-state index is 12.0. The third kappa shape index (κ3) is 5.53. The van der Waals surface area contributed by atoms with Crippen molar-refractivity contribution in [2.45, 2.75) is 33.1 Å². The van der Waals surface area contributed by atoms with E-state index >= 15 is 0 Å². The second kappa shape index (κ2) is 9.12. The van der Waals surface area contributed by atoms with Crippen LogP contribution in [0.1, 0.15) is 42.1 Å². The van der Waals surface area contributed by atoms with Gasteiger partial charge in [0.15, 0.2) is 23.9 Å². The average molecular weight is 363 g/mol. The number of Topliss-reactive ketones (excluding diaryl/α,β-unsaturated/α-hetero) is 1. The molecule has 1 N–H and O–H groups in total. The highest BCUT2D eigenvalue weighted by atomic mass is 32.1. The number of hydrogen-bond acceptors (Lipinski definition) is 7. The quantitative estimate of drug-likeness (QED) is 0.689. The monoisotopic (exact) mass is 363 g/mol. The maximum absolute atomic E-state index is 12.0. The van der Waals surface area contributed by atoms with Gasteiger partial charge in [0.25, 0.3) is 5.91 Å². The zero-order chi connectivity index (χ0) is 18.2. The van der Waals surface area contributed by atoms with Crippen LogP contribution >= 0.6 is 11.3 Å². The van der Waals surface area contributed by atoms with Crippen molar-refractivity contribution in [1.29, 1.82) is 0 Å². The van der Waals surface area contributed by atoms with Gasteiger partial charge in [0.2, 0.25) is 5.13 Å². The van der Waals surface area contributed by atoms with Gasteiger partial charge in [-0.1, -0.05) is 24.7 Å². The van der Waals surface area contributed by atoms with Crippen LogP contribution in [0.3, 0.4) is 0 Å². The van der Waals surface area contributed by atoms with Crippen molar-refractivity contribution >= 4 is 28.2 Å².